The number of carbonyl (C=O) groups is 2. The molecule has 1 saturated heterocycles. The van der Waals surface area contributed by atoms with Crippen molar-refractivity contribution in [1.29, 1.82) is 0 Å². The van der Waals surface area contributed by atoms with Crippen molar-refractivity contribution < 1.29 is 19.4 Å². The second kappa shape index (κ2) is 11.1. The third-order valence-electron chi connectivity index (χ3n) is 6.96. The van der Waals surface area contributed by atoms with Gasteiger partial charge >= 0.3 is 5.91 Å². The molecule has 4 aromatic rings. The minimum Gasteiger partial charge on any atom is -0.507 e. The van der Waals surface area contributed by atoms with Crippen LogP contribution >= 0.6 is 22.9 Å². The van der Waals surface area contributed by atoms with Crippen molar-refractivity contribution in [2.24, 2.45) is 0 Å². The van der Waals surface area contributed by atoms with Crippen molar-refractivity contribution in [2.75, 3.05) is 11.5 Å². The Kier molecular flexibility index (Phi) is 7.71. The third-order valence-corrected chi connectivity index (χ3v) is 8.21. The van der Waals surface area contributed by atoms with Crippen LogP contribution in [0.5, 0.6) is 5.75 Å². The molecule has 3 aromatic carbocycles. The lowest BCUT2D eigenvalue weighted by Gasteiger charge is -2.24. The van der Waals surface area contributed by atoms with Crippen molar-refractivity contribution in [3.05, 3.63) is 94.0 Å². The Morgan fingerprint density at radius 2 is 1.82 bits per heavy atom. The van der Waals surface area contributed by atoms with Gasteiger partial charge in [-0.15, -0.1) is 0 Å². The molecule has 0 radical (unpaired) electrons. The van der Waals surface area contributed by atoms with Gasteiger partial charge in [0.25, 0.3) is 5.78 Å². The molecule has 1 fully saturated rings. The predicted octanol–water partition coefficient (Wildman–Crippen LogP) is 8.05. The van der Waals surface area contributed by atoms with Crippen molar-refractivity contribution in [1.82, 2.24) is 4.98 Å². The number of aromatic nitrogens is 1. The first-order valence-corrected chi connectivity index (χ1v) is 14.5. The monoisotopic (exact) mass is 574 g/mol. The van der Waals surface area contributed by atoms with Crippen molar-refractivity contribution in [3.8, 4) is 5.75 Å². The average molecular weight is 575 g/mol. The summed E-state index contributed by atoms with van der Waals surface area (Å²) in [6, 6.07) is 19.2. The largest absolute Gasteiger partial charge is 0.507 e. The van der Waals surface area contributed by atoms with E-state index in [-0.39, 0.29) is 16.7 Å². The minimum atomic E-state index is -0.866. The van der Waals surface area contributed by atoms with E-state index in [1.54, 1.807) is 42.5 Å². The summed E-state index contributed by atoms with van der Waals surface area (Å²) in [6.07, 6.45) is 1.90. The highest BCUT2D eigenvalue weighted by molar-refractivity contribution is 7.22. The summed E-state index contributed by atoms with van der Waals surface area (Å²) in [7, 11) is 0. The molecule has 5 rings (SSSR count). The maximum absolute atomic E-state index is 13.6. The van der Waals surface area contributed by atoms with E-state index in [1.807, 2.05) is 24.3 Å². The quantitative estimate of drug-likeness (QED) is 0.104. The standard InChI is InChI=1S/C32H31ClN2O4S/c1-5-6-16-39-23-9-7-8-20(17-23)28(36)26-27(19-10-12-21(13-11-19)32(2,3)4)35(30(38)29(26)37)31-34-24-15-14-22(33)18-25(24)40-31/h7-15,17-18,27,36H,5-6,16H2,1-4H3/b28-26+. The first-order valence-electron chi connectivity index (χ1n) is 13.3. The molecule has 1 amide bonds. The number of rotatable bonds is 7. The van der Waals surface area contributed by atoms with Gasteiger partial charge in [0.2, 0.25) is 0 Å². The van der Waals surface area contributed by atoms with E-state index in [1.165, 1.54) is 16.2 Å². The molecule has 1 atom stereocenters. The van der Waals surface area contributed by atoms with Crippen LogP contribution in [0, 0.1) is 0 Å². The van der Waals surface area contributed by atoms with Gasteiger partial charge in [0.05, 0.1) is 28.4 Å². The third kappa shape index (κ3) is 5.36. The lowest BCUT2D eigenvalue weighted by atomic mass is 9.85. The van der Waals surface area contributed by atoms with Crippen LogP contribution < -0.4 is 9.64 Å². The van der Waals surface area contributed by atoms with Crippen molar-refractivity contribution >= 4 is 55.7 Å². The van der Waals surface area contributed by atoms with Gasteiger partial charge in [-0.25, -0.2) is 4.98 Å². The second-order valence-corrected chi connectivity index (χ2v) is 12.3. The molecule has 40 heavy (non-hydrogen) atoms. The first-order chi connectivity index (χ1) is 19.1. The Morgan fingerprint density at radius 1 is 1.07 bits per heavy atom. The number of ketones is 1. The molecule has 0 spiro atoms. The van der Waals surface area contributed by atoms with Crippen LogP contribution in [0.3, 0.4) is 0 Å². The second-order valence-electron chi connectivity index (χ2n) is 10.9. The van der Waals surface area contributed by atoms with Crippen LogP contribution in [-0.2, 0) is 15.0 Å². The minimum absolute atomic E-state index is 0.0107. The fourth-order valence-electron chi connectivity index (χ4n) is 4.72. The summed E-state index contributed by atoms with van der Waals surface area (Å²) in [5, 5.41) is 12.5. The number of halogens is 1. The molecule has 1 aliphatic rings. The lowest BCUT2D eigenvalue weighted by molar-refractivity contribution is -0.132. The number of hydrogen-bond acceptors (Lipinski definition) is 6. The summed E-state index contributed by atoms with van der Waals surface area (Å²) in [4.78, 5) is 33.2. The number of hydrogen-bond donors (Lipinski definition) is 1. The van der Waals surface area contributed by atoms with E-state index in [2.05, 4.69) is 32.7 Å². The summed E-state index contributed by atoms with van der Waals surface area (Å²) >= 11 is 7.47. The van der Waals surface area contributed by atoms with Gasteiger partial charge in [-0.2, -0.15) is 0 Å². The SMILES string of the molecule is CCCCOc1cccc(/C(O)=C2\C(=O)C(=O)N(c3nc4ccc(Cl)cc4s3)C2c2ccc(C(C)(C)C)cc2)c1. The zero-order valence-corrected chi connectivity index (χ0v) is 24.5. The van der Waals surface area contributed by atoms with Gasteiger partial charge in [-0.05, 0) is 53.3 Å². The molecule has 1 unspecified atom stereocenters. The van der Waals surface area contributed by atoms with Crippen LogP contribution in [0.15, 0.2) is 72.3 Å². The number of anilines is 1. The maximum Gasteiger partial charge on any atom is 0.301 e. The number of unbranched alkanes of at least 4 members (excludes halogenated alkanes) is 1. The highest BCUT2D eigenvalue weighted by Gasteiger charge is 2.48. The molecule has 1 N–H and O–H groups in total. The fraction of sp³-hybridized carbons (Fsp3) is 0.281. The van der Waals surface area contributed by atoms with Crippen LogP contribution in [-0.4, -0.2) is 28.4 Å². The first kappa shape index (κ1) is 27.9. The van der Waals surface area contributed by atoms with Gasteiger partial charge in [0.1, 0.15) is 11.5 Å². The summed E-state index contributed by atoms with van der Waals surface area (Å²) in [5.41, 5.74) is 2.81. The molecule has 0 aliphatic carbocycles. The Hall–Kier alpha value is -3.68. The molecule has 8 heteroatoms. The molecule has 1 aliphatic heterocycles. The van der Waals surface area contributed by atoms with E-state index in [0.29, 0.717) is 39.2 Å². The number of carbonyl (C=O) groups excluding carboxylic acids is 2. The lowest BCUT2D eigenvalue weighted by Crippen LogP contribution is -2.29. The summed E-state index contributed by atoms with van der Waals surface area (Å²) in [5.74, 6) is -1.18. The molecule has 6 nitrogen and oxygen atoms in total. The number of Topliss-reactive ketones (excluding diaryl/α,β-unsaturated/α-hetero) is 1. The molecular weight excluding hydrogens is 544 g/mol. The van der Waals surface area contributed by atoms with Gasteiger partial charge < -0.3 is 9.84 Å². The van der Waals surface area contributed by atoms with Gasteiger partial charge in [0, 0.05) is 10.6 Å². The zero-order valence-electron chi connectivity index (χ0n) is 22.9. The van der Waals surface area contributed by atoms with Gasteiger partial charge in [0.15, 0.2) is 5.13 Å². The number of benzene rings is 3. The van der Waals surface area contributed by atoms with Gasteiger partial charge in [-0.3, -0.25) is 14.5 Å². The normalized spacial score (nSPS) is 17.1. The fourth-order valence-corrected chi connectivity index (χ4v) is 5.99. The number of aliphatic hydroxyl groups excluding tert-OH is 1. The number of nitrogens with zero attached hydrogens (tertiary/aromatic N) is 2. The molecule has 206 valence electrons. The van der Waals surface area contributed by atoms with Crippen LogP contribution in [0.1, 0.15) is 63.3 Å². The Morgan fingerprint density at radius 3 is 2.52 bits per heavy atom. The zero-order chi connectivity index (χ0) is 28.6. The number of ether oxygens (including phenoxy) is 1. The molecular formula is C32H31ClN2O4S. The molecule has 2 heterocycles. The van der Waals surface area contributed by atoms with Crippen LogP contribution in [0.4, 0.5) is 5.13 Å². The molecule has 0 saturated carbocycles. The van der Waals surface area contributed by atoms with Gasteiger partial charge in [-0.1, -0.05) is 93.5 Å². The van der Waals surface area contributed by atoms with E-state index in [4.69, 9.17) is 16.3 Å². The van der Waals surface area contributed by atoms with Crippen LogP contribution in [0.25, 0.3) is 16.0 Å². The number of fused-ring (bicyclic) bond motifs is 1. The van der Waals surface area contributed by atoms with E-state index < -0.39 is 17.7 Å². The summed E-state index contributed by atoms with van der Waals surface area (Å²) in [6.45, 7) is 8.99. The number of aliphatic hydroxyl groups is 1. The van der Waals surface area contributed by atoms with Crippen molar-refractivity contribution in [2.45, 2.75) is 52.0 Å². The Labute approximate surface area is 242 Å². The highest BCUT2D eigenvalue weighted by Crippen LogP contribution is 2.45. The predicted molar refractivity (Wildman–Crippen MR) is 161 cm³/mol. The van der Waals surface area contributed by atoms with E-state index >= 15 is 0 Å². The topological polar surface area (TPSA) is 79.7 Å². The number of amides is 1. The molecule has 1 aromatic heterocycles. The Balaban J connectivity index is 1.65. The highest BCUT2D eigenvalue weighted by atomic mass is 35.5. The Bertz CT molecular complexity index is 1620. The van der Waals surface area contributed by atoms with Crippen LogP contribution in [0.2, 0.25) is 5.02 Å². The van der Waals surface area contributed by atoms with Crippen molar-refractivity contribution in [3.63, 3.8) is 0 Å². The van der Waals surface area contributed by atoms with E-state index in [9.17, 15) is 14.7 Å². The number of thiazole rings is 1. The maximum atomic E-state index is 13.6. The summed E-state index contributed by atoms with van der Waals surface area (Å²) < 4.78 is 6.62. The molecule has 0 bridgehead atoms. The van der Waals surface area contributed by atoms with E-state index in [0.717, 1.165) is 23.1 Å². The average Bonchev–Trinajstić information content (AvgIpc) is 3.45. The smallest absolute Gasteiger partial charge is 0.301 e.